The first-order valence-corrected chi connectivity index (χ1v) is 13.0. The van der Waals surface area contributed by atoms with Gasteiger partial charge in [-0.3, -0.25) is 9.78 Å². The van der Waals surface area contributed by atoms with Crippen molar-refractivity contribution in [3.63, 3.8) is 0 Å². The molecule has 1 aliphatic rings. The Balaban J connectivity index is 1.33. The molecular weight excluding hydrogens is 486 g/mol. The minimum absolute atomic E-state index is 0.0407. The van der Waals surface area contributed by atoms with Crippen LogP contribution in [0, 0.1) is 23.5 Å². The summed E-state index contributed by atoms with van der Waals surface area (Å²) in [5, 5.41) is 21.7. The number of halogens is 2. The first-order valence-electron chi connectivity index (χ1n) is 12.0. The van der Waals surface area contributed by atoms with Crippen LogP contribution in [0.25, 0.3) is 10.9 Å². The molecule has 1 aliphatic heterocycles. The van der Waals surface area contributed by atoms with E-state index in [1.807, 2.05) is 18.2 Å². The zero-order valence-corrected chi connectivity index (χ0v) is 20.9. The van der Waals surface area contributed by atoms with Gasteiger partial charge in [0.1, 0.15) is 17.4 Å². The molecule has 192 valence electrons. The molecule has 0 aliphatic carbocycles. The highest BCUT2D eigenvalue weighted by molar-refractivity contribution is 7.99. The number of hydrogen-bond acceptors (Lipinski definition) is 6. The maximum absolute atomic E-state index is 13.4. The van der Waals surface area contributed by atoms with Crippen LogP contribution in [0.4, 0.5) is 8.78 Å². The van der Waals surface area contributed by atoms with Gasteiger partial charge in [0.15, 0.2) is 0 Å². The highest BCUT2D eigenvalue weighted by Crippen LogP contribution is 2.34. The lowest BCUT2D eigenvalue weighted by Gasteiger charge is -2.37. The second kappa shape index (κ2) is 12.0. The number of rotatable bonds is 10. The monoisotopic (exact) mass is 516 g/mol. The van der Waals surface area contributed by atoms with Crippen molar-refractivity contribution in [2.75, 3.05) is 32.5 Å². The van der Waals surface area contributed by atoms with Gasteiger partial charge in [0, 0.05) is 41.4 Å². The number of aliphatic hydroxyl groups excluding tert-OH is 1. The summed E-state index contributed by atoms with van der Waals surface area (Å²) in [5.74, 6) is -1.33. The normalized spacial score (nSPS) is 19.3. The SMILES string of the molecule is COc1ccc2nccc([C@@H](O)CC[C@@H]3CCN(CCSc4cc(F)cc(F)c4)C[C@@H]3C(=O)O)c2c1. The second-order valence-corrected chi connectivity index (χ2v) is 10.3. The quantitative estimate of drug-likeness (QED) is 0.361. The number of hydrogen-bond donors (Lipinski definition) is 2. The predicted molar refractivity (Wildman–Crippen MR) is 135 cm³/mol. The summed E-state index contributed by atoms with van der Waals surface area (Å²) in [6.07, 6.45) is 2.69. The highest BCUT2D eigenvalue weighted by Gasteiger charge is 2.34. The van der Waals surface area contributed by atoms with Crippen LogP contribution < -0.4 is 4.74 Å². The van der Waals surface area contributed by atoms with E-state index in [0.717, 1.165) is 29.1 Å². The van der Waals surface area contributed by atoms with E-state index in [4.69, 9.17) is 4.74 Å². The van der Waals surface area contributed by atoms with E-state index in [1.165, 1.54) is 23.9 Å². The van der Waals surface area contributed by atoms with Gasteiger partial charge in [-0.1, -0.05) is 0 Å². The molecule has 2 heterocycles. The molecule has 0 saturated carbocycles. The molecule has 0 radical (unpaired) electrons. The van der Waals surface area contributed by atoms with E-state index in [-0.39, 0.29) is 5.92 Å². The average molecular weight is 517 g/mol. The van der Waals surface area contributed by atoms with Gasteiger partial charge in [0.05, 0.1) is 24.6 Å². The Morgan fingerprint density at radius 2 is 2.00 bits per heavy atom. The summed E-state index contributed by atoms with van der Waals surface area (Å²) < 4.78 is 32.1. The van der Waals surface area contributed by atoms with Crippen molar-refractivity contribution >= 4 is 28.6 Å². The van der Waals surface area contributed by atoms with E-state index < -0.39 is 29.6 Å². The molecule has 0 spiro atoms. The Labute approximate surface area is 213 Å². The summed E-state index contributed by atoms with van der Waals surface area (Å²) in [4.78, 5) is 19.0. The van der Waals surface area contributed by atoms with Gasteiger partial charge in [-0.25, -0.2) is 8.78 Å². The largest absolute Gasteiger partial charge is 0.497 e. The lowest BCUT2D eigenvalue weighted by Crippen LogP contribution is -2.44. The lowest BCUT2D eigenvalue weighted by molar-refractivity contribution is -0.146. The number of methoxy groups -OCH3 is 1. The Kier molecular flexibility index (Phi) is 8.77. The molecule has 0 bridgehead atoms. The fraction of sp³-hybridized carbons (Fsp3) is 0.407. The first-order chi connectivity index (χ1) is 17.3. The molecule has 9 heteroatoms. The van der Waals surface area contributed by atoms with Crippen LogP contribution in [0.2, 0.25) is 0 Å². The van der Waals surface area contributed by atoms with Gasteiger partial charge in [-0.05, 0) is 73.7 Å². The molecule has 36 heavy (non-hydrogen) atoms. The van der Waals surface area contributed by atoms with Crippen molar-refractivity contribution in [3.8, 4) is 5.75 Å². The number of carboxylic acids is 1. The van der Waals surface area contributed by atoms with Crippen LogP contribution in [-0.2, 0) is 4.79 Å². The van der Waals surface area contributed by atoms with E-state index in [2.05, 4.69) is 9.88 Å². The molecule has 6 nitrogen and oxygen atoms in total. The Hall–Kier alpha value is -2.75. The third kappa shape index (κ3) is 6.52. The number of pyridine rings is 1. The maximum atomic E-state index is 13.4. The molecule has 2 aromatic carbocycles. The molecule has 3 aromatic rings. The lowest BCUT2D eigenvalue weighted by atomic mass is 9.81. The van der Waals surface area contributed by atoms with E-state index in [9.17, 15) is 23.8 Å². The fourth-order valence-electron chi connectivity index (χ4n) is 4.89. The van der Waals surface area contributed by atoms with Gasteiger partial charge in [-0.15, -0.1) is 11.8 Å². The summed E-state index contributed by atoms with van der Waals surface area (Å²) in [5.41, 5.74) is 1.52. The van der Waals surface area contributed by atoms with Gasteiger partial charge in [-0.2, -0.15) is 0 Å². The second-order valence-electron chi connectivity index (χ2n) is 9.12. The van der Waals surface area contributed by atoms with Crippen LogP contribution in [0.3, 0.4) is 0 Å². The summed E-state index contributed by atoms with van der Waals surface area (Å²) in [7, 11) is 1.59. The molecule has 0 amide bonds. The Bertz CT molecular complexity index is 1190. The van der Waals surface area contributed by atoms with Crippen molar-refractivity contribution in [2.45, 2.75) is 30.3 Å². The minimum atomic E-state index is -0.835. The number of carbonyl (C=O) groups is 1. The molecular formula is C27H30F2N2O4S. The topological polar surface area (TPSA) is 82.9 Å². The zero-order chi connectivity index (χ0) is 25.7. The molecule has 4 rings (SSSR count). The van der Waals surface area contributed by atoms with Crippen molar-refractivity contribution in [1.82, 2.24) is 9.88 Å². The van der Waals surface area contributed by atoms with Gasteiger partial charge >= 0.3 is 5.97 Å². The highest BCUT2D eigenvalue weighted by atomic mass is 32.2. The van der Waals surface area contributed by atoms with Gasteiger partial charge < -0.3 is 19.8 Å². The number of ether oxygens (including phenoxy) is 1. The van der Waals surface area contributed by atoms with Gasteiger partial charge in [0.2, 0.25) is 0 Å². The smallest absolute Gasteiger partial charge is 0.308 e. The van der Waals surface area contributed by atoms with Crippen molar-refractivity contribution in [1.29, 1.82) is 0 Å². The van der Waals surface area contributed by atoms with Crippen LogP contribution in [0.1, 0.15) is 30.9 Å². The number of aliphatic hydroxyl groups is 1. The number of thioether (sulfide) groups is 1. The Morgan fingerprint density at radius 1 is 1.22 bits per heavy atom. The maximum Gasteiger partial charge on any atom is 0.308 e. The molecule has 3 atom stereocenters. The fourth-order valence-corrected chi connectivity index (χ4v) is 5.87. The minimum Gasteiger partial charge on any atom is -0.497 e. The molecule has 1 aromatic heterocycles. The van der Waals surface area contributed by atoms with E-state index >= 15 is 0 Å². The number of fused-ring (bicyclic) bond motifs is 1. The van der Waals surface area contributed by atoms with Crippen molar-refractivity contribution < 1.29 is 28.5 Å². The number of aliphatic carboxylic acids is 1. The van der Waals surface area contributed by atoms with Gasteiger partial charge in [0.25, 0.3) is 0 Å². The predicted octanol–water partition coefficient (Wildman–Crippen LogP) is 5.15. The van der Waals surface area contributed by atoms with Crippen molar-refractivity contribution in [3.05, 3.63) is 65.9 Å². The van der Waals surface area contributed by atoms with Crippen molar-refractivity contribution in [2.24, 2.45) is 11.8 Å². The number of carboxylic acid groups (broad SMARTS) is 1. The Morgan fingerprint density at radius 3 is 2.72 bits per heavy atom. The van der Waals surface area contributed by atoms with Crippen LogP contribution in [0.5, 0.6) is 5.75 Å². The number of nitrogens with zero attached hydrogens (tertiary/aromatic N) is 2. The first kappa shape index (κ1) is 26.3. The summed E-state index contributed by atoms with van der Waals surface area (Å²) >= 11 is 1.35. The van der Waals surface area contributed by atoms with E-state index in [0.29, 0.717) is 48.7 Å². The number of aromatic nitrogens is 1. The molecule has 2 N–H and O–H groups in total. The third-order valence-electron chi connectivity index (χ3n) is 6.82. The molecule has 1 fully saturated rings. The summed E-state index contributed by atoms with van der Waals surface area (Å²) in [6, 6.07) is 10.8. The number of benzene rings is 2. The third-order valence-corrected chi connectivity index (χ3v) is 7.78. The standard InChI is InChI=1S/C27H30F2N2O4S/c1-35-20-3-4-25-23(15-20)22(6-8-30-25)26(32)5-2-17-7-9-31(16-24(17)27(33)34)10-11-36-21-13-18(28)12-19(29)14-21/h3-4,6,8,12-15,17,24,26,32H,2,5,7,9-11,16H2,1H3,(H,33,34)/t17-,24+,26+/m1/s1. The average Bonchev–Trinajstić information content (AvgIpc) is 2.86. The zero-order valence-electron chi connectivity index (χ0n) is 20.1. The van der Waals surface area contributed by atoms with Crippen LogP contribution >= 0.6 is 11.8 Å². The molecule has 0 unspecified atom stereocenters. The number of piperidine rings is 1. The number of likely N-dealkylation sites (tertiary alicyclic amines) is 1. The summed E-state index contributed by atoms with van der Waals surface area (Å²) in [6.45, 7) is 1.80. The van der Waals surface area contributed by atoms with Crippen LogP contribution in [0.15, 0.2) is 53.6 Å². The molecule has 1 saturated heterocycles. The van der Waals surface area contributed by atoms with E-state index in [1.54, 1.807) is 19.4 Å². The van der Waals surface area contributed by atoms with Crippen LogP contribution in [-0.4, -0.2) is 58.6 Å².